The minimum atomic E-state index is -1.07. The van der Waals surface area contributed by atoms with Gasteiger partial charge in [0.1, 0.15) is 5.82 Å². The summed E-state index contributed by atoms with van der Waals surface area (Å²) in [5.41, 5.74) is -0.0409. The van der Waals surface area contributed by atoms with Crippen molar-refractivity contribution in [2.75, 3.05) is 18.1 Å². The molecule has 0 bridgehead atoms. The summed E-state index contributed by atoms with van der Waals surface area (Å²) in [6.45, 7) is 0.968. The Bertz CT molecular complexity index is 423. The molecule has 0 saturated carbocycles. The Labute approximate surface area is 105 Å². The van der Waals surface area contributed by atoms with Gasteiger partial charge in [-0.1, -0.05) is 0 Å². The molecule has 18 heavy (non-hydrogen) atoms. The number of aliphatic hydroxyl groups excluding tert-OH is 1. The largest absolute Gasteiger partial charge is 0.476 e. The van der Waals surface area contributed by atoms with Crippen LogP contribution in [0.4, 0.5) is 5.82 Å². The van der Waals surface area contributed by atoms with Crippen LogP contribution in [0.1, 0.15) is 36.2 Å². The number of carboxylic acid groups (broad SMARTS) is 1. The van der Waals surface area contributed by atoms with E-state index in [9.17, 15) is 4.79 Å². The smallest absolute Gasteiger partial charge is 0.356 e. The van der Waals surface area contributed by atoms with Crippen LogP contribution >= 0.6 is 0 Å². The quantitative estimate of drug-likeness (QED) is 0.827. The average Bonchev–Trinajstić information content (AvgIpc) is 2.40. The van der Waals surface area contributed by atoms with Crippen LogP contribution in [0.5, 0.6) is 0 Å². The summed E-state index contributed by atoms with van der Waals surface area (Å²) in [5, 5.41) is 18.0. The highest BCUT2D eigenvalue weighted by molar-refractivity contribution is 5.85. The molecule has 98 valence electrons. The number of aromatic carboxylic acids is 1. The van der Waals surface area contributed by atoms with Crippen molar-refractivity contribution in [3.8, 4) is 0 Å². The van der Waals surface area contributed by atoms with E-state index in [1.165, 1.54) is 6.20 Å². The second-order valence-electron chi connectivity index (χ2n) is 4.42. The van der Waals surface area contributed by atoms with Crippen molar-refractivity contribution < 1.29 is 15.0 Å². The maximum Gasteiger partial charge on any atom is 0.356 e. The summed E-state index contributed by atoms with van der Waals surface area (Å²) < 4.78 is 0. The highest BCUT2D eigenvalue weighted by Gasteiger charge is 2.23. The Kier molecular flexibility index (Phi) is 4.09. The van der Waals surface area contributed by atoms with Crippen molar-refractivity contribution in [1.82, 2.24) is 9.97 Å². The Hall–Kier alpha value is -1.69. The van der Waals surface area contributed by atoms with Crippen molar-refractivity contribution >= 4 is 11.8 Å². The van der Waals surface area contributed by atoms with Gasteiger partial charge >= 0.3 is 5.97 Å². The van der Waals surface area contributed by atoms with Crippen LogP contribution in [0.25, 0.3) is 0 Å². The number of hydrogen-bond donors (Lipinski definition) is 2. The number of nitrogens with zero attached hydrogens (tertiary/aromatic N) is 3. The summed E-state index contributed by atoms with van der Waals surface area (Å²) in [5.74, 6) is -0.479. The molecule has 0 spiro atoms. The van der Waals surface area contributed by atoms with Crippen molar-refractivity contribution in [3.05, 3.63) is 18.1 Å². The number of aromatic nitrogens is 2. The van der Waals surface area contributed by atoms with Crippen molar-refractivity contribution in [2.45, 2.75) is 31.7 Å². The molecular formula is C12H17N3O3. The highest BCUT2D eigenvalue weighted by Crippen LogP contribution is 2.24. The Morgan fingerprint density at radius 3 is 3.00 bits per heavy atom. The van der Waals surface area contributed by atoms with Crippen LogP contribution in [0, 0.1) is 0 Å². The van der Waals surface area contributed by atoms with Gasteiger partial charge in [0.25, 0.3) is 0 Å². The van der Waals surface area contributed by atoms with Gasteiger partial charge in [0, 0.05) is 19.2 Å². The van der Waals surface area contributed by atoms with Gasteiger partial charge in [-0.2, -0.15) is 0 Å². The number of carbonyl (C=O) groups is 1. The molecule has 1 aromatic heterocycles. The standard InChI is InChI=1S/C12H17N3O3/c16-6-4-9-3-1-2-5-15(9)11-8-13-7-10(14-11)12(17)18/h7-9,16H,1-6H2,(H,17,18). The molecule has 0 aliphatic carbocycles. The molecule has 0 radical (unpaired) electrons. The monoisotopic (exact) mass is 251 g/mol. The molecule has 2 rings (SSSR count). The summed E-state index contributed by atoms with van der Waals surface area (Å²) in [6, 6.07) is 0.224. The van der Waals surface area contributed by atoms with E-state index in [1.807, 2.05) is 0 Å². The van der Waals surface area contributed by atoms with E-state index in [0.29, 0.717) is 12.2 Å². The van der Waals surface area contributed by atoms with Crippen molar-refractivity contribution in [2.24, 2.45) is 0 Å². The average molecular weight is 251 g/mol. The lowest BCUT2D eigenvalue weighted by molar-refractivity contribution is 0.0690. The van der Waals surface area contributed by atoms with E-state index < -0.39 is 5.97 Å². The first-order chi connectivity index (χ1) is 8.72. The molecule has 1 unspecified atom stereocenters. The van der Waals surface area contributed by atoms with Gasteiger partial charge < -0.3 is 15.1 Å². The molecule has 2 heterocycles. The van der Waals surface area contributed by atoms with Crippen LogP contribution in [0.15, 0.2) is 12.4 Å². The lowest BCUT2D eigenvalue weighted by Crippen LogP contribution is -2.40. The molecule has 6 nitrogen and oxygen atoms in total. The zero-order chi connectivity index (χ0) is 13.0. The highest BCUT2D eigenvalue weighted by atomic mass is 16.4. The number of carboxylic acids is 1. The van der Waals surface area contributed by atoms with Crippen molar-refractivity contribution in [1.29, 1.82) is 0 Å². The molecule has 1 fully saturated rings. The molecular weight excluding hydrogens is 234 g/mol. The fourth-order valence-electron chi connectivity index (χ4n) is 2.35. The second kappa shape index (κ2) is 5.77. The minimum Gasteiger partial charge on any atom is -0.476 e. The van der Waals surface area contributed by atoms with Crippen LogP contribution in [0.2, 0.25) is 0 Å². The molecule has 1 atom stereocenters. The summed E-state index contributed by atoms with van der Waals surface area (Å²) in [7, 11) is 0. The van der Waals surface area contributed by atoms with Gasteiger partial charge in [-0.25, -0.2) is 9.78 Å². The third-order valence-electron chi connectivity index (χ3n) is 3.22. The summed E-state index contributed by atoms with van der Waals surface area (Å²) in [4.78, 5) is 21.0. The summed E-state index contributed by atoms with van der Waals surface area (Å²) in [6.07, 6.45) is 6.70. The molecule has 0 aromatic carbocycles. The SMILES string of the molecule is O=C(O)c1cncc(N2CCCCC2CCO)n1. The fraction of sp³-hybridized carbons (Fsp3) is 0.583. The molecule has 1 saturated heterocycles. The molecule has 6 heteroatoms. The Balaban J connectivity index is 2.22. The van der Waals surface area contributed by atoms with E-state index in [-0.39, 0.29) is 18.3 Å². The third-order valence-corrected chi connectivity index (χ3v) is 3.22. The fourth-order valence-corrected chi connectivity index (χ4v) is 2.35. The lowest BCUT2D eigenvalue weighted by Gasteiger charge is -2.36. The number of rotatable bonds is 4. The molecule has 1 aromatic rings. The van der Waals surface area contributed by atoms with Gasteiger partial charge in [-0.3, -0.25) is 4.98 Å². The minimum absolute atomic E-state index is 0.0409. The second-order valence-corrected chi connectivity index (χ2v) is 4.42. The normalized spacial score (nSPS) is 19.8. The molecule has 0 amide bonds. The number of hydrogen-bond acceptors (Lipinski definition) is 5. The van der Waals surface area contributed by atoms with E-state index >= 15 is 0 Å². The summed E-state index contributed by atoms with van der Waals surface area (Å²) >= 11 is 0. The van der Waals surface area contributed by atoms with Crippen LogP contribution in [0.3, 0.4) is 0 Å². The van der Waals surface area contributed by atoms with Crippen LogP contribution < -0.4 is 4.90 Å². The molecule has 2 N–H and O–H groups in total. The zero-order valence-corrected chi connectivity index (χ0v) is 10.1. The maximum atomic E-state index is 10.9. The Morgan fingerprint density at radius 2 is 2.28 bits per heavy atom. The van der Waals surface area contributed by atoms with Crippen molar-refractivity contribution in [3.63, 3.8) is 0 Å². The van der Waals surface area contributed by atoms with E-state index in [2.05, 4.69) is 14.9 Å². The van der Waals surface area contributed by atoms with Crippen LogP contribution in [-0.4, -0.2) is 45.3 Å². The first kappa shape index (κ1) is 12.8. The van der Waals surface area contributed by atoms with E-state index in [4.69, 9.17) is 10.2 Å². The van der Waals surface area contributed by atoms with Gasteiger partial charge in [-0.05, 0) is 25.7 Å². The van der Waals surface area contributed by atoms with E-state index in [1.54, 1.807) is 6.20 Å². The first-order valence-corrected chi connectivity index (χ1v) is 6.15. The topological polar surface area (TPSA) is 86.5 Å². The third kappa shape index (κ3) is 2.76. The number of anilines is 1. The predicted molar refractivity (Wildman–Crippen MR) is 65.7 cm³/mol. The zero-order valence-electron chi connectivity index (χ0n) is 10.1. The van der Waals surface area contributed by atoms with Gasteiger partial charge in [0.15, 0.2) is 5.69 Å². The number of aliphatic hydroxyl groups is 1. The van der Waals surface area contributed by atoms with E-state index in [0.717, 1.165) is 25.8 Å². The van der Waals surface area contributed by atoms with Gasteiger partial charge in [0.2, 0.25) is 0 Å². The number of piperidine rings is 1. The maximum absolute atomic E-state index is 10.9. The first-order valence-electron chi connectivity index (χ1n) is 6.15. The molecule has 1 aliphatic rings. The Morgan fingerprint density at radius 1 is 1.44 bits per heavy atom. The lowest BCUT2D eigenvalue weighted by atomic mass is 10.00. The predicted octanol–water partition coefficient (Wildman–Crippen LogP) is 0.916. The molecule has 1 aliphatic heterocycles. The van der Waals surface area contributed by atoms with Crippen LogP contribution in [-0.2, 0) is 0 Å². The van der Waals surface area contributed by atoms with Gasteiger partial charge in [0.05, 0.1) is 12.4 Å². The van der Waals surface area contributed by atoms with Gasteiger partial charge in [-0.15, -0.1) is 0 Å².